The number of esters is 1. The number of Topliss-reactive ketones (excluding diaryl/α,β-unsaturated/α-hetero) is 1. The Morgan fingerprint density at radius 2 is 1.84 bits per heavy atom. The molecule has 0 spiro atoms. The number of hydrogen-bond donors (Lipinski definition) is 0. The molecular weight excluding hydrogens is 314 g/mol. The lowest BCUT2D eigenvalue weighted by Gasteiger charge is -2.26. The second-order valence-corrected chi connectivity index (χ2v) is 8.63. The first-order valence-electron chi connectivity index (χ1n) is 9.87. The summed E-state index contributed by atoms with van der Waals surface area (Å²) in [6.45, 7) is 13.9. The zero-order valence-corrected chi connectivity index (χ0v) is 17.2. The van der Waals surface area contributed by atoms with Crippen molar-refractivity contribution in [2.45, 2.75) is 98.6 Å². The van der Waals surface area contributed by atoms with Gasteiger partial charge in [0.15, 0.2) is 0 Å². The summed E-state index contributed by atoms with van der Waals surface area (Å²) in [6.07, 6.45) is 5.50. The Balaban J connectivity index is 2.60. The van der Waals surface area contributed by atoms with Crippen LogP contribution in [0.4, 0.5) is 0 Å². The van der Waals surface area contributed by atoms with Crippen LogP contribution in [0.25, 0.3) is 0 Å². The highest BCUT2D eigenvalue weighted by Gasteiger charge is 2.28. The molecule has 4 atom stereocenters. The first-order chi connectivity index (χ1) is 11.5. The van der Waals surface area contributed by atoms with Crippen LogP contribution in [0.5, 0.6) is 0 Å². The van der Waals surface area contributed by atoms with Gasteiger partial charge in [0.25, 0.3) is 0 Å². The molecule has 0 N–H and O–H groups in total. The van der Waals surface area contributed by atoms with Gasteiger partial charge in [0.1, 0.15) is 11.4 Å². The van der Waals surface area contributed by atoms with Crippen LogP contribution in [-0.2, 0) is 14.3 Å². The molecule has 0 heterocycles. The molecule has 0 aromatic heterocycles. The van der Waals surface area contributed by atoms with Gasteiger partial charge in [0.2, 0.25) is 0 Å². The lowest BCUT2D eigenvalue weighted by Crippen LogP contribution is -2.30. The topological polar surface area (TPSA) is 55.7 Å². The highest BCUT2D eigenvalue weighted by molar-refractivity contribution is 6.10. The van der Waals surface area contributed by atoms with E-state index in [0.717, 1.165) is 37.8 Å². The molecule has 0 aliphatic heterocycles. The molecule has 4 heteroatoms. The lowest BCUT2D eigenvalue weighted by molar-refractivity contribution is -0.161. The molecule has 1 fully saturated rings. The normalized spacial score (nSPS) is 23.6. The summed E-state index contributed by atoms with van der Waals surface area (Å²) in [5.74, 6) is 0.352. The van der Waals surface area contributed by atoms with Crippen LogP contribution in [-0.4, -0.2) is 29.1 Å². The van der Waals surface area contributed by atoms with E-state index in [1.54, 1.807) is 0 Å². The summed E-state index contributed by atoms with van der Waals surface area (Å²) in [7, 11) is 0. The molecule has 144 valence electrons. The van der Waals surface area contributed by atoms with Crippen molar-refractivity contribution in [1.82, 2.24) is 0 Å². The Labute approximate surface area is 153 Å². The van der Waals surface area contributed by atoms with Gasteiger partial charge in [-0.05, 0) is 52.4 Å². The van der Waals surface area contributed by atoms with Crippen LogP contribution in [0.2, 0.25) is 0 Å². The van der Waals surface area contributed by atoms with E-state index >= 15 is 0 Å². The lowest BCUT2D eigenvalue weighted by atomic mass is 9.89. The summed E-state index contributed by atoms with van der Waals surface area (Å²) < 4.78 is 5.50. The number of rotatable bonds is 8. The minimum absolute atomic E-state index is 0.00235. The predicted octanol–water partition coefficient (Wildman–Crippen LogP) is 4.99. The van der Waals surface area contributed by atoms with Gasteiger partial charge in [-0.3, -0.25) is 14.6 Å². The third kappa shape index (κ3) is 7.29. The monoisotopic (exact) mass is 351 g/mol. The van der Waals surface area contributed by atoms with E-state index < -0.39 is 5.60 Å². The minimum Gasteiger partial charge on any atom is -0.460 e. The van der Waals surface area contributed by atoms with Crippen molar-refractivity contribution in [3.05, 3.63) is 0 Å². The summed E-state index contributed by atoms with van der Waals surface area (Å²) >= 11 is 0. The van der Waals surface area contributed by atoms with Gasteiger partial charge in [-0.15, -0.1) is 0 Å². The van der Waals surface area contributed by atoms with Gasteiger partial charge in [-0.25, -0.2) is 0 Å². The van der Waals surface area contributed by atoms with E-state index in [2.05, 4.69) is 13.8 Å². The zero-order valence-electron chi connectivity index (χ0n) is 17.2. The zero-order chi connectivity index (χ0) is 19.2. The maximum absolute atomic E-state index is 12.2. The summed E-state index contributed by atoms with van der Waals surface area (Å²) in [5.41, 5.74) is 0.642. The second-order valence-electron chi connectivity index (χ2n) is 8.63. The van der Waals surface area contributed by atoms with E-state index in [1.165, 1.54) is 0 Å². The third-order valence-corrected chi connectivity index (χ3v) is 5.17. The smallest absolute Gasteiger partial charge is 0.309 e. The summed E-state index contributed by atoms with van der Waals surface area (Å²) in [4.78, 5) is 28.9. The highest BCUT2D eigenvalue weighted by Crippen LogP contribution is 2.25. The van der Waals surface area contributed by atoms with Crippen LogP contribution in [0, 0.1) is 17.8 Å². The highest BCUT2D eigenvalue weighted by atomic mass is 16.6. The van der Waals surface area contributed by atoms with Crippen molar-refractivity contribution >= 4 is 17.5 Å². The fourth-order valence-electron chi connectivity index (χ4n) is 3.22. The molecule has 0 saturated heterocycles. The standard InChI is InChI=1S/C21H37NO3/c1-8-9-17(22-18-12-13-19(23)16(18)4)11-10-14(2)15(3)20(24)25-21(5,6)7/h14-17H,8-13H2,1-7H3. The Hall–Kier alpha value is -1.19. The van der Waals surface area contributed by atoms with Crippen LogP contribution in [0.3, 0.4) is 0 Å². The summed E-state index contributed by atoms with van der Waals surface area (Å²) in [6, 6.07) is 0.265. The predicted molar refractivity (Wildman–Crippen MR) is 103 cm³/mol. The number of nitrogens with zero attached hydrogens (tertiary/aromatic N) is 1. The molecule has 1 rings (SSSR count). The molecule has 4 nitrogen and oxygen atoms in total. The van der Waals surface area contributed by atoms with Crippen molar-refractivity contribution in [2.75, 3.05) is 0 Å². The molecule has 0 amide bonds. The van der Waals surface area contributed by atoms with E-state index in [-0.39, 0.29) is 29.8 Å². The molecule has 0 radical (unpaired) electrons. The Kier molecular flexibility index (Phi) is 8.30. The Morgan fingerprint density at radius 1 is 1.20 bits per heavy atom. The van der Waals surface area contributed by atoms with E-state index in [0.29, 0.717) is 12.2 Å². The van der Waals surface area contributed by atoms with Crippen LogP contribution < -0.4 is 0 Å². The fourth-order valence-corrected chi connectivity index (χ4v) is 3.22. The van der Waals surface area contributed by atoms with Crippen molar-refractivity contribution in [2.24, 2.45) is 22.7 Å². The maximum atomic E-state index is 12.2. The van der Waals surface area contributed by atoms with Gasteiger partial charge in [0, 0.05) is 18.2 Å². The van der Waals surface area contributed by atoms with Crippen molar-refractivity contribution < 1.29 is 14.3 Å². The third-order valence-electron chi connectivity index (χ3n) is 5.17. The average molecular weight is 352 g/mol. The van der Waals surface area contributed by atoms with Gasteiger partial charge >= 0.3 is 5.97 Å². The van der Waals surface area contributed by atoms with Crippen molar-refractivity contribution in [1.29, 1.82) is 0 Å². The molecule has 0 aromatic rings. The molecular formula is C21H37NO3. The number of aliphatic imine (C=N–C) groups is 1. The Morgan fingerprint density at radius 3 is 2.32 bits per heavy atom. The van der Waals surface area contributed by atoms with E-state index in [9.17, 15) is 9.59 Å². The maximum Gasteiger partial charge on any atom is 0.309 e. The number of ether oxygens (including phenoxy) is 1. The molecule has 25 heavy (non-hydrogen) atoms. The fraction of sp³-hybridized carbons (Fsp3) is 0.857. The minimum atomic E-state index is -0.438. The van der Waals surface area contributed by atoms with Gasteiger partial charge in [0.05, 0.1) is 11.8 Å². The largest absolute Gasteiger partial charge is 0.460 e. The average Bonchev–Trinajstić information content (AvgIpc) is 2.82. The van der Waals surface area contributed by atoms with E-state index in [1.807, 2.05) is 34.6 Å². The number of ketones is 1. The quantitative estimate of drug-likeness (QED) is 0.579. The Bertz CT molecular complexity index is 490. The van der Waals surface area contributed by atoms with Crippen LogP contribution >= 0.6 is 0 Å². The molecule has 4 unspecified atom stereocenters. The number of carbonyl (C=O) groups excluding carboxylic acids is 2. The molecule has 0 bridgehead atoms. The summed E-state index contributed by atoms with van der Waals surface area (Å²) in [5, 5.41) is 0. The van der Waals surface area contributed by atoms with Crippen LogP contribution in [0.1, 0.15) is 87.0 Å². The number of hydrogen-bond acceptors (Lipinski definition) is 4. The SMILES string of the molecule is CCCC(CCC(C)C(C)C(=O)OC(C)(C)C)N=C1CCC(=O)C1C. The molecule has 0 aromatic carbocycles. The van der Waals surface area contributed by atoms with Gasteiger partial charge in [-0.1, -0.05) is 34.1 Å². The molecule has 1 aliphatic carbocycles. The number of carbonyl (C=O) groups is 2. The van der Waals surface area contributed by atoms with Crippen molar-refractivity contribution in [3.63, 3.8) is 0 Å². The van der Waals surface area contributed by atoms with Crippen molar-refractivity contribution in [3.8, 4) is 0 Å². The van der Waals surface area contributed by atoms with E-state index in [4.69, 9.17) is 9.73 Å². The molecule has 1 saturated carbocycles. The van der Waals surface area contributed by atoms with Crippen LogP contribution in [0.15, 0.2) is 4.99 Å². The first kappa shape index (κ1) is 21.9. The molecule has 1 aliphatic rings. The van der Waals surface area contributed by atoms with Gasteiger partial charge < -0.3 is 4.74 Å². The van der Waals surface area contributed by atoms with Gasteiger partial charge in [-0.2, -0.15) is 0 Å². The first-order valence-corrected chi connectivity index (χ1v) is 9.87. The second kappa shape index (κ2) is 9.49.